The second-order valence-corrected chi connectivity index (χ2v) is 5.11. The van der Waals surface area contributed by atoms with Crippen LogP contribution in [0, 0.1) is 5.82 Å². The SMILES string of the molecule is Fc1cccc(COc2ccc(N3CCCC3)cc2)c1. The lowest BCUT2D eigenvalue weighted by atomic mass is 10.2. The Morgan fingerprint density at radius 3 is 2.45 bits per heavy atom. The van der Waals surface area contributed by atoms with Crippen molar-refractivity contribution in [3.8, 4) is 5.75 Å². The van der Waals surface area contributed by atoms with Gasteiger partial charge in [-0.3, -0.25) is 0 Å². The van der Waals surface area contributed by atoms with Crippen LogP contribution in [0.15, 0.2) is 48.5 Å². The zero-order chi connectivity index (χ0) is 13.8. The average Bonchev–Trinajstić information content (AvgIpc) is 3.00. The first-order chi connectivity index (χ1) is 9.81. The van der Waals surface area contributed by atoms with Crippen LogP contribution in [0.3, 0.4) is 0 Å². The molecule has 1 heterocycles. The molecule has 0 saturated carbocycles. The van der Waals surface area contributed by atoms with Gasteiger partial charge in [0.2, 0.25) is 0 Å². The number of nitrogens with zero attached hydrogens (tertiary/aromatic N) is 1. The number of rotatable bonds is 4. The number of ether oxygens (including phenoxy) is 1. The highest BCUT2D eigenvalue weighted by Gasteiger charge is 2.11. The average molecular weight is 271 g/mol. The normalized spacial score (nSPS) is 14.6. The van der Waals surface area contributed by atoms with Gasteiger partial charge < -0.3 is 9.64 Å². The predicted molar refractivity (Wildman–Crippen MR) is 78.6 cm³/mol. The lowest BCUT2D eigenvalue weighted by Crippen LogP contribution is -2.17. The third-order valence-corrected chi connectivity index (χ3v) is 3.60. The molecule has 3 heteroatoms. The molecule has 20 heavy (non-hydrogen) atoms. The summed E-state index contributed by atoms with van der Waals surface area (Å²) in [7, 11) is 0. The Morgan fingerprint density at radius 2 is 1.75 bits per heavy atom. The molecule has 0 atom stereocenters. The van der Waals surface area contributed by atoms with Crippen LogP contribution in [0.1, 0.15) is 18.4 Å². The van der Waals surface area contributed by atoms with E-state index in [0.29, 0.717) is 6.61 Å². The van der Waals surface area contributed by atoms with Gasteiger partial charge in [0, 0.05) is 18.8 Å². The molecular weight excluding hydrogens is 253 g/mol. The summed E-state index contributed by atoms with van der Waals surface area (Å²) in [6.45, 7) is 2.67. The molecule has 0 bridgehead atoms. The van der Waals surface area contributed by atoms with Crippen LogP contribution < -0.4 is 9.64 Å². The van der Waals surface area contributed by atoms with E-state index in [2.05, 4.69) is 17.0 Å². The topological polar surface area (TPSA) is 12.5 Å². The minimum atomic E-state index is -0.226. The molecule has 0 amide bonds. The Labute approximate surface area is 118 Å². The van der Waals surface area contributed by atoms with Crippen LogP contribution in [0.5, 0.6) is 5.75 Å². The van der Waals surface area contributed by atoms with E-state index in [4.69, 9.17) is 4.74 Å². The molecule has 2 nitrogen and oxygen atoms in total. The maximum Gasteiger partial charge on any atom is 0.123 e. The number of benzene rings is 2. The molecule has 1 saturated heterocycles. The molecule has 0 aliphatic carbocycles. The standard InChI is InChI=1S/C17H18FNO/c18-15-5-3-4-14(12-15)13-20-17-8-6-16(7-9-17)19-10-1-2-11-19/h3-9,12H,1-2,10-11,13H2. The maximum atomic E-state index is 13.1. The van der Waals surface area contributed by atoms with Gasteiger partial charge in [0.15, 0.2) is 0 Å². The van der Waals surface area contributed by atoms with E-state index in [1.165, 1.54) is 30.7 Å². The largest absolute Gasteiger partial charge is 0.489 e. The van der Waals surface area contributed by atoms with Crippen LogP contribution >= 0.6 is 0 Å². The van der Waals surface area contributed by atoms with Crippen molar-refractivity contribution in [1.29, 1.82) is 0 Å². The van der Waals surface area contributed by atoms with Crippen molar-refractivity contribution in [2.45, 2.75) is 19.4 Å². The third-order valence-electron chi connectivity index (χ3n) is 3.60. The van der Waals surface area contributed by atoms with Gasteiger partial charge in [-0.15, -0.1) is 0 Å². The fourth-order valence-electron chi connectivity index (χ4n) is 2.52. The summed E-state index contributed by atoms with van der Waals surface area (Å²) in [6.07, 6.45) is 2.55. The van der Waals surface area contributed by atoms with Crippen molar-refractivity contribution in [2.75, 3.05) is 18.0 Å². The Morgan fingerprint density at radius 1 is 1.00 bits per heavy atom. The lowest BCUT2D eigenvalue weighted by molar-refractivity contribution is 0.305. The quantitative estimate of drug-likeness (QED) is 0.833. The van der Waals surface area contributed by atoms with Gasteiger partial charge in [0.25, 0.3) is 0 Å². The second kappa shape index (κ2) is 5.95. The van der Waals surface area contributed by atoms with Gasteiger partial charge in [-0.1, -0.05) is 12.1 Å². The van der Waals surface area contributed by atoms with E-state index in [-0.39, 0.29) is 5.82 Å². The van der Waals surface area contributed by atoms with Crippen LogP contribution in [-0.4, -0.2) is 13.1 Å². The first kappa shape index (κ1) is 13.0. The highest BCUT2D eigenvalue weighted by Crippen LogP contribution is 2.23. The zero-order valence-electron chi connectivity index (χ0n) is 11.4. The Bertz CT molecular complexity index is 561. The maximum absolute atomic E-state index is 13.1. The number of hydrogen-bond acceptors (Lipinski definition) is 2. The highest BCUT2D eigenvalue weighted by molar-refractivity contribution is 5.49. The van der Waals surface area contributed by atoms with E-state index in [0.717, 1.165) is 24.4 Å². The molecule has 2 aromatic rings. The summed E-state index contributed by atoms with van der Waals surface area (Å²) in [5, 5.41) is 0. The Kier molecular flexibility index (Phi) is 3.86. The molecule has 1 aliphatic rings. The third kappa shape index (κ3) is 3.10. The zero-order valence-corrected chi connectivity index (χ0v) is 11.4. The summed E-state index contributed by atoms with van der Waals surface area (Å²) in [5.74, 6) is 0.590. The van der Waals surface area contributed by atoms with Gasteiger partial charge >= 0.3 is 0 Å². The molecule has 0 spiro atoms. The van der Waals surface area contributed by atoms with Crippen molar-refractivity contribution < 1.29 is 9.13 Å². The Hall–Kier alpha value is -2.03. The molecule has 104 valence electrons. The van der Waals surface area contributed by atoms with Crippen molar-refractivity contribution in [3.05, 3.63) is 59.9 Å². The first-order valence-corrected chi connectivity index (χ1v) is 7.03. The van der Waals surface area contributed by atoms with Gasteiger partial charge in [-0.25, -0.2) is 4.39 Å². The van der Waals surface area contributed by atoms with Crippen molar-refractivity contribution in [3.63, 3.8) is 0 Å². The minimum absolute atomic E-state index is 0.226. The predicted octanol–water partition coefficient (Wildman–Crippen LogP) is 4.00. The Balaban J connectivity index is 1.60. The molecule has 0 unspecified atom stereocenters. The molecular formula is C17H18FNO. The molecule has 0 N–H and O–H groups in total. The van der Waals surface area contributed by atoms with E-state index in [9.17, 15) is 4.39 Å². The molecule has 0 radical (unpaired) electrons. The molecule has 1 aliphatic heterocycles. The summed E-state index contributed by atoms with van der Waals surface area (Å²) in [4.78, 5) is 2.39. The molecule has 3 rings (SSSR count). The molecule has 2 aromatic carbocycles. The van der Waals surface area contributed by atoms with E-state index in [1.807, 2.05) is 18.2 Å². The van der Waals surface area contributed by atoms with E-state index >= 15 is 0 Å². The minimum Gasteiger partial charge on any atom is -0.489 e. The van der Waals surface area contributed by atoms with Crippen molar-refractivity contribution in [1.82, 2.24) is 0 Å². The van der Waals surface area contributed by atoms with Crippen LogP contribution in [-0.2, 0) is 6.61 Å². The monoisotopic (exact) mass is 271 g/mol. The number of halogens is 1. The molecule has 0 aromatic heterocycles. The van der Waals surface area contributed by atoms with Crippen molar-refractivity contribution in [2.24, 2.45) is 0 Å². The highest BCUT2D eigenvalue weighted by atomic mass is 19.1. The number of hydrogen-bond donors (Lipinski definition) is 0. The summed E-state index contributed by atoms with van der Waals surface area (Å²) in [5.41, 5.74) is 2.09. The van der Waals surface area contributed by atoms with E-state index < -0.39 is 0 Å². The summed E-state index contributed by atoms with van der Waals surface area (Å²) in [6, 6.07) is 14.6. The van der Waals surface area contributed by atoms with Crippen LogP contribution in [0.25, 0.3) is 0 Å². The van der Waals surface area contributed by atoms with Crippen LogP contribution in [0.2, 0.25) is 0 Å². The first-order valence-electron chi connectivity index (χ1n) is 7.03. The fraction of sp³-hybridized carbons (Fsp3) is 0.294. The van der Waals surface area contributed by atoms with E-state index in [1.54, 1.807) is 6.07 Å². The van der Waals surface area contributed by atoms with Crippen LogP contribution in [0.4, 0.5) is 10.1 Å². The second-order valence-electron chi connectivity index (χ2n) is 5.11. The van der Waals surface area contributed by atoms with Gasteiger partial charge in [0.05, 0.1) is 0 Å². The molecule has 1 fully saturated rings. The van der Waals surface area contributed by atoms with Gasteiger partial charge in [0.1, 0.15) is 18.2 Å². The summed E-state index contributed by atoms with van der Waals surface area (Å²) < 4.78 is 18.7. The fourth-order valence-corrected chi connectivity index (χ4v) is 2.52. The van der Waals surface area contributed by atoms with Gasteiger partial charge in [-0.2, -0.15) is 0 Å². The smallest absolute Gasteiger partial charge is 0.123 e. The summed E-state index contributed by atoms with van der Waals surface area (Å²) >= 11 is 0. The number of anilines is 1. The van der Waals surface area contributed by atoms with Gasteiger partial charge in [-0.05, 0) is 54.8 Å². The van der Waals surface area contributed by atoms with Crippen molar-refractivity contribution >= 4 is 5.69 Å². The lowest BCUT2D eigenvalue weighted by Gasteiger charge is -2.17.